The number of alkyl halides is 3. The maximum absolute atomic E-state index is 12.0. The highest BCUT2D eigenvalue weighted by Crippen LogP contribution is 2.50. The van der Waals surface area contributed by atoms with Gasteiger partial charge in [-0.25, -0.2) is 4.79 Å². The first kappa shape index (κ1) is 14.3. The summed E-state index contributed by atoms with van der Waals surface area (Å²) >= 11 is 1.50. The number of amides is 1. The van der Waals surface area contributed by atoms with Gasteiger partial charge < -0.3 is 5.11 Å². The average Bonchev–Trinajstić information content (AvgIpc) is 2.57. The molecule has 0 aliphatic carbocycles. The second-order valence-electron chi connectivity index (χ2n) is 3.69. The summed E-state index contributed by atoms with van der Waals surface area (Å²) in [6, 6.07) is 0. The number of Topliss-reactive ketones (excluding diaryl/α,β-unsaturated/α-hetero) is 1. The number of carbonyl (C=O) groups excluding carboxylic acids is 2. The van der Waals surface area contributed by atoms with Gasteiger partial charge in [-0.05, 0) is 0 Å². The molecule has 2 aliphatic rings. The third-order valence-electron chi connectivity index (χ3n) is 2.44. The van der Waals surface area contributed by atoms with E-state index < -0.39 is 23.7 Å². The predicted molar refractivity (Wildman–Crippen MR) is 61.0 cm³/mol. The van der Waals surface area contributed by atoms with Crippen LogP contribution < -0.4 is 0 Å². The van der Waals surface area contributed by atoms with Crippen molar-refractivity contribution in [2.24, 2.45) is 0 Å². The number of β-lactam (4-membered cyclic amide) rings is 1. The Morgan fingerprint density at radius 2 is 2.11 bits per heavy atom. The van der Waals surface area contributed by atoms with Crippen LogP contribution in [0.2, 0.25) is 0 Å². The number of nitrogens with zero attached hydrogens (tertiary/aromatic N) is 1. The normalized spacial score (nSPS) is 22.4. The molecule has 1 amide bonds. The Balaban J connectivity index is 2.10. The van der Waals surface area contributed by atoms with Crippen LogP contribution in [0, 0.1) is 0 Å². The lowest BCUT2D eigenvalue weighted by molar-refractivity contribution is -0.167. The molecular formula is C9H6F3NO4S2. The van der Waals surface area contributed by atoms with Gasteiger partial charge in [0.15, 0.2) is 5.70 Å². The Labute approximate surface area is 113 Å². The first-order valence-electron chi connectivity index (χ1n) is 4.91. The summed E-state index contributed by atoms with van der Waals surface area (Å²) in [5, 5.41) is 8.59. The number of halogens is 3. The lowest BCUT2D eigenvalue weighted by Crippen LogP contribution is -2.48. The number of fused-ring (bicyclic) bond motifs is 1. The number of rotatable bonds is 4. The minimum absolute atomic E-state index is 0.0703. The maximum atomic E-state index is 12.0. The van der Waals surface area contributed by atoms with Crippen LogP contribution in [0.4, 0.5) is 13.2 Å². The van der Waals surface area contributed by atoms with Crippen LogP contribution in [-0.4, -0.2) is 45.0 Å². The van der Waals surface area contributed by atoms with Crippen molar-refractivity contribution in [3.8, 4) is 0 Å². The van der Waals surface area contributed by atoms with Crippen LogP contribution in [0.3, 0.4) is 0 Å². The fourth-order valence-corrected chi connectivity index (χ4v) is 4.16. The molecule has 0 bridgehead atoms. The van der Waals surface area contributed by atoms with Crippen molar-refractivity contribution in [2.75, 3.05) is 5.75 Å². The van der Waals surface area contributed by atoms with Gasteiger partial charge in [0.2, 0.25) is 11.7 Å². The Bertz CT molecular complexity index is 502. The van der Waals surface area contributed by atoms with Gasteiger partial charge in [-0.15, -0.1) is 11.8 Å². The molecule has 2 rings (SSSR count). The summed E-state index contributed by atoms with van der Waals surface area (Å²) in [6.07, 6.45) is -4.78. The van der Waals surface area contributed by atoms with Gasteiger partial charge in [0.25, 0.3) is 0 Å². The number of carbonyl (C=O) groups is 3. The second-order valence-corrected chi connectivity index (χ2v) is 6.12. The number of hydrogen-bond donors (Lipinski definition) is 1. The van der Waals surface area contributed by atoms with E-state index in [1.807, 2.05) is 0 Å². The van der Waals surface area contributed by atoms with Crippen molar-refractivity contribution in [1.29, 1.82) is 0 Å². The fraction of sp³-hybridized carbons (Fsp3) is 0.444. The summed E-state index contributed by atoms with van der Waals surface area (Å²) in [5.41, 5.74) is -0.328. The zero-order chi connectivity index (χ0) is 14.4. The molecule has 19 heavy (non-hydrogen) atoms. The lowest BCUT2D eigenvalue weighted by atomic mass is 10.2. The molecule has 0 spiro atoms. The predicted octanol–water partition coefficient (Wildman–Crippen LogP) is 1.41. The summed E-state index contributed by atoms with van der Waals surface area (Å²) in [4.78, 5) is 34.0. The minimum Gasteiger partial charge on any atom is -0.477 e. The van der Waals surface area contributed by atoms with Crippen LogP contribution in [0.5, 0.6) is 0 Å². The third-order valence-corrected chi connectivity index (χ3v) is 5.00. The number of hydrogen-bond acceptors (Lipinski definition) is 5. The SMILES string of the molecule is O=C(O)C1=C(SCC(=O)C(F)(F)F)S[C@H]2CC(=O)N12. The molecule has 1 saturated heterocycles. The zero-order valence-electron chi connectivity index (χ0n) is 9.06. The van der Waals surface area contributed by atoms with E-state index in [9.17, 15) is 27.6 Å². The van der Waals surface area contributed by atoms with E-state index in [2.05, 4.69) is 0 Å². The number of thioether (sulfide) groups is 2. The standard InChI is InChI=1S/C9H6F3NO4S2/c10-9(11,12)3(14)2-18-8-6(7(16)17)13-4(15)1-5(13)19-8/h5H,1-2H2,(H,16,17)/t5-/m0/s1. The highest BCUT2D eigenvalue weighted by Gasteiger charge is 2.49. The van der Waals surface area contributed by atoms with Crippen molar-refractivity contribution >= 4 is 41.2 Å². The average molecular weight is 313 g/mol. The summed E-state index contributed by atoms with van der Waals surface area (Å²) < 4.78 is 36.2. The smallest absolute Gasteiger partial charge is 0.450 e. The maximum Gasteiger partial charge on any atom is 0.450 e. The molecule has 0 aromatic heterocycles. The molecule has 10 heteroatoms. The quantitative estimate of drug-likeness (QED) is 0.791. The third kappa shape index (κ3) is 2.59. The Hall–Kier alpha value is -1.16. The van der Waals surface area contributed by atoms with E-state index in [0.717, 1.165) is 16.7 Å². The molecule has 0 saturated carbocycles. The van der Waals surface area contributed by atoms with Crippen LogP contribution in [0.25, 0.3) is 0 Å². The van der Waals surface area contributed by atoms with E-state index in [4.69, 9.17) is 5.11 Å². The molecule has 0 radical (unpaired) electrons. The number of aliphatic carboxylic acids is 1. The molecule has 1 fully saturated rings. The molecular weight excluding hydrogens is 307 g/mol. The van der Waals surface area contributed by atoms with E-state index >= 15 is 0 Å². The van der Waals surface area contributed by atoms with Crippen molar-refractivity contribution in [3.63, 3.8) is 0 Å². The molecule has 2 heterocycles. The summed E-state index contributed by atoms with van der Waals surface area (Å²) in [6.45, 7) is 0. The molecule has 104 valence electrons. The minimum atomic E-state index is -4.94. The highest BCUT2D eigenvalue weighted by atomic mass is 32.2. The van der Waals surface area contributed by atoms with Gasteiger partial charge in [0.1, 0.15) is 0 Å². The van der Waals surface area contributed by atoms with Crippen LogP contribution in [0.15, 0.2) is 9.93 Å². The lowest BCUT2D eigenvalue weighted by Gasteiger charge is -2.33. The van der Waals surface area contributed by atoms with E-state index in [0.29, 0.717) is 11.8 Å². The van der Waals surface area contributed by atoms with Crippen molar-refractivity contribution in [3.05, 3.63) is 9.93 Å². The van der Waals surface area contributed by atoms with E-state index in [1.165, 1.54) is 0 Å². The Morgan fingerprint density at radius 1 is 1.47 bits per heavy atom. The first-order chi connectivity index (χ1) is 8.71. The highest BCUT2D eigenvalue weighted by molar-refractivity contribution is 8.23. The van der Waals surface area contributed by atoms with E-state index in [1.54, 1.807) is 0 Å². The van der Waals surface area contributed by atoms with Gasteiger partial charge in [0, 0.05) is 0 Å². The molecule has 1 atom stereocenters. The zero-order valence-corrected chi connectivity index (χ0v) is 10.7. The van der Waals surface area contributed by atoms with Gasteiger partial charge in [0.05, 0.1) is 21.8 Å². The molecule has 0 aromatic rings. The summed E-state index contributed by atoms with van der Waals surface area (Å²) in [7, 11) is 0. The van der Waals surface area contributed by atoms with Crippen molar-refractivity contribution in [2.45, 2.75) is 18.0 Å². The number of ketones is 1. The molecule has 2 aliphatic heterocycles. The van der Waals surface area contributed by atoms with Crippen molar-refractivity contribution in [1.82, 2.24) is 4.90 Å². The van der Waals surface area contributed by atoms with E-state index in [-0.39, 0.29) is 27.6 Å². The molecule has 1 N–H and O–H groups in total. The summed E-state index contributed by atoms with van der Waals surface area (Å²) in [5.74, 6) is -4.59. The molecule has 0 unspecified atom stereocenters. The van der Waals surface area contributed by atoms with Crippen LogP contribution in [0.1, 0.15) is 6.42 Å². The van der Waals surface area contributed by atoms with Gasteiger partial charge in [-0.1, -0.05) is 11.8 Å². The fourth-order valence-electron chi connectivity index (χ4n) is 1.53. The monoisotopic (exact) mass is 313 g/mol. The van der Waals surface area contributed by atoms with Gasteiger partial charge in [-0.3, -0.25) is 14.5 Å². The van der Waals surface area contributed by atoms with Crippen molar-refractivity contribution < 1.29 is 32.7 Å². The molecule has 5 nitrogen and oxygen atoms in total. The van der Waals surface area contributed by atoms with Crippen LogP contribution >= 0.6 is 23.5 Å². The second kappa shape index (κ2) is 4.75. The number of carboxylic acids is 1. The van der Waals surface area contributed by atoms with Crippen LogP contribution in [-0.2, 0) is 14.4 Å². The van der Waals surface area contributed by atoms with Gasteiger partial charge in [-0.2, -0.15) is 13.2 Å². The first-order valence-corrected chi connectivity index (χ1v) is 6.77. The van der Waals surface area contributed by atoms with Gasteiger partial charge >= 0.3 is 12.1 Å². The largest absolute Gasteiger partial charge is 0.477 e. The Morgan fingerprint density at radius 3 is 2.58 bits per heavy atom. The molecule has 0 aromatic carbocycles. The topological polar surface area (TPSA) is 74.7 Å². The number of carboxylic acid groups (broad SMARTS) is 1. The Kier molecular flexibility index (Phi) is 3.56.